The number of hydrogen-bond acceptors (Lipinski definition) is 4. The van der Waals surface area contributed by atoms with Gasteiger partial charge in [0, 0.05) is 12.7 Å². The van der Waals surface area contributed by atoms with Gasteiger partial charge in [0.1, 0.15) is 0 Å². The standard InChI is InChI=1S/C19H17N3O2S/c1-22-18(24)13-7-3-5-9-15(13)21-19(22)25-16-11-10-12-6-2-4-8-14(12)20-17(16)23/h2-9,16H,10-11H2,1H3,(H,20,23). The zero-order valence-corrected chi connectivity index (χ0v) is 14.5. The van der Waals surface area contributed by atoms with Gasteiger partial charge in [-0.15, -0.1) is 0 Å². The second-order valence-electron chi connectivity index (χ2n) is 6.07. The molecule has 3 aromatic rings. The van der Waals surface area contributed by atoms with Crippen molar-refractivity contribution in [1.82, 2.24) is 9.55 Å². The van der Waals surface area contributed by atoms with Crippen molar-refractivity contribution in [3.8, 4) is 0 Å². The predicted octanol–water partition coefficient (Wildman–Crippen LogP) is 2.98. The number of rotatable bonds is 2. The Morgan fingerprint density at radius 2 is 1.88 bits per heavy atom. The maximum absolute atomic E-state index is 12.6. The molecule has 1 aromatic heterocycles. The second kappa shape index (κ2) is 6.37. The van der Waals surface area contributed by atoms with Crippen LogP contribution in [0.3, 0.4) is 0 Å². The number of benzene rings is 2. The van der Waals surface area contributed by atoms with Crippen molar-refractivity contribution < 1.29 is 4.79 Å². The summed E-state index contributed by atoms with van der Waals surface area (Å²) in [5.74, 6) is -0.0441. The molecule has 5 nitrogen and oxygen atoms in total. The molecular formula is C19H17N3O2S. The lowest BCUT2D eigenvalue weighted by molar-refractivity contribution is -0.115. The van der Waals surface area contributed by atoms with Crippen LogP contribution in [0.2, 0.25) is 0 Å². The Balaban J connectivity index is 1.67. The summed E-state index contributed by atoms with van der Waals surface area (Å²) in [6.07, 6.45) is 1.52. The van der Waals surface area contributed by atoms with Gasteiger partial charge in [-0.25, -0.2) is 4.98 Å². The van der Waals surface area contributed by atoms with Crippen LogP contribution in [0.1, 0.15) is 12.0 Å². The van der Waals surface area contributed by atoms with Gasteiger partial charge in [0.2, 0.25) is 5.91 Å². The molecule has 0 radical (unpaired) electrons. The normalized spacial score (nSPS) is 17.0. The molecule has 1 atom stereocenters. The number of para-hydroxylation sites is 2. The smallest absolute Gasteiger partial charge is 0.261 e. The number of fused-ring (bicyclic) bond motifs is 2. The Labute approximate surface area is 149 Å². The van der Waals surface area contributed by atoms with E-state index in [9.17, 15) is 9.59 Å². The van der Waals surface area contributed by atoms with Crippen LogP contribution in [-0.2, 0) is 18.3 Å². The minimum Gasteiger partial charge on any atom is -0.325 e. The van der Waals surface area contributed by atoms with Gasteiger partial charge in [0.25, 0.3) is 5.56 Å². The lowest BCUT2D eigenvalue weighted by Crippen LogP contribution is -2.26. The molecular weight excluding hydrogens is 334 g/mol. The number of hydrogen-bond donors (Lipinski definition) is 1. The first-order valence-electron chi connectivity index (χ1n) is 8.14. The number of aromatic nitrogens is 2. The minimum atomic E-state index is -0.285. The fraction of sp³-hybridized carbons (Fsp3) is 0.211. The van der Waals surface area contributed by atoms with Gasteiger partial charge in [-0.1, -0.05) is 42.1 Å². The van der Waals surface area contributed by atoms with Crippen LogP contribution in [0.5, 0.6) is 0 Å². The van der Waals surface area contributed by atoms with Crippen LogP contribution < -0.4 is 10.9 Å². The molecule has 4 rings (SSSR count). The number of nitrogens with one attached hydrogen (secondary N) is 1. The minimum absolute atomic E-state index is 0.0441. The summed E-state index contributed by atoms with van der Waals surface area (Å²) in [5.41, 5.74) is 2.58. The van der Waals surface area contributed by atoms with Crippen molar-refractivity contribution in [2.75, 3.05) is 5.32 Å². The first-order chi connectivity index (χ1) is 12.1. The summed E-state index contributed by atoms with van der Waals surface area (Å²) < 4.78 is 1.53. The molecule has 2 heterocycles. The van der Waals surface area contributed by atoms with Crippen LogP contribution >= 0.6 is 11.8 Å². The topological polar surface area (TPSA) is 64.0 Å². The highest BCUT2D eigenvalue weighted by molar-refractivity contribution is 8.00. The van der Waals surface area contributed by atoms with E-state index in [2.05, 4.69) is 10.3 Å². The number of carbonyl (C=O) groups excluding carboxylic acids is 1. The summed E-state index contributed by atoms with van der Waals surface area (Å²) in [5, 5.41) is 3.86. The lowest BCUT2D eigenvalue weighted by Gasteiger charge is -2.14. The number of anilines is 1. The fourth-order valence-electron chi connectivity index (χ4n) is 3.03. The van der Waals surface area contributed by atoms with Crippen LogP contribution in [0.15, 0.2) is 58.5 Å². The van der Waals surface area contributed by atoms with E-state index < -0.39 is 0 Å². The number of carbonyl (C=O) groups is 1. The first kappa shape index (κ1) is 15.9. The Kier molecular flexibility index (Phi) is 4.05. The van der Waals surface area contributed by atoms with Crippen LogP contribution in [0, 0.1) is 0 Å². The molecule has 0 fully saturated rings. The molecule has 1 unspecified atom stereocenters. The highest BCUT2D eigenvalue weighted by Crippen LogP contribution is 2.30. The van der Waals surface area contributed by atoms with Crippen molar-refractivity contribution in [1.29, 1.82) is 0 Å². The van der Waals surface area contributed by atoms with E-state index in [0.29, 0.717) is 22.5 Å². The molecule has 0 spiro atoms. The van der Waals surface area contributed by atoms with Gasteiger partial charge in [-0.3, -0.25) is 14.2 Å². The molecule has 0 bridgehead atoms. The molecule has 2 aromatic carbocycles. The third-order valence-electron chi connectivity index (χ3n) is 4.43. The zero-order chi connectivity index (χ0) is 17.4. The summed E-state index contributed by atoms with van der Waals surface area (Å²) in [6.45, 7) is 0. The van der Waals surface area contributed by atoms with Gasteiger partial charge >= 0.3 is 0 Å². The van der Waals surface area contributed by atoms with E-state index >= 15 is 0 Å². The van der Waals surface area contributed by atoms with Crippen LogP contribution in [0.25, 0.3) is 10.9 Å². The molecule has 1 aliphatic heterocycles. The van der Waals surface area contributed by atoms with E-state index in [1.807, 2.05) is 42.5 Å². The van der Waals surface area contributed by atoms with E-state index in [4.69, 9.17) is 0 Å². The monoisotopic (exact) mass is 351 g/mol. The van der Waals surface area contributed by atoms with E-state index in [1.165, 1.54) is 16.3 Å². The quantitative estimate of drug-likeness (QED) is 0.721. The Morgan fingerprint density at radius 3 is 2.76 bits per heavy atom. The molecule has 6 heteroatoms. The van der Waals surface area contributed by atoms with Crippen LogP contribution in [0.4, 0.5) is 5.69 Å². The average Bonchev–Trinajstić information content (AvgIpc) is 2.78. The molecule has 0 saturated carbocycles. The molecule has 1 amide bonds. The Bertz CT molecular complexity index is 1030. The number of thioether (sulfide) groups is 1. The SMILES string of the molecule is Cn1c(SC2CCc3ccccc3NC2=O)nc2ccccc2c1=O. The fourth-order valence-corrected chi connectivity index (χ4v) is 4.08. The molecule has 0 aliphatic carbocycles. The Hall–Kier alpha value is -2.60. The van der Waals surface area contributed by atoms with Gasteiger partial charge in [0.15, 0.2) is 5.16 Å². The Morgan fingerprint density at radius 1 is 1.12 bits per heavy atom. The van der Waals surface area contributed by atoms with E-state index in [-0.39, 0.29) is 16.7 Å². The summed E-state index contributed by atoms with van der Waals surface area (Å²) in [6, 6.07) is 15.1. The number of amides is 1. The van der Waals surface area contributed by atoms with E-state index in [1.54, 1.807) is 13.1 Å². The predicted molar refractivity (Wildman–Crippen MR) is 100 cm³/mol. The van der Waals surface area contributed by atoms with Gasteiger partial charge in [-0.05, 0) is 36.6 Å². The molecule has 126 valence electrons. The van der Waals surface area contributed by atoms with Gasteiger partial charge < -0.3 is 5.32 Å². The molecule has 1 N–H and O–H groups in total. The van der Waals surface area contributed by atoms with Crippen LogP contribution in [-0.4, -0.2) is 20.7 Å². The summed E-state index contributed by atoms with van der Waals surface area (Å²) in [7, 11) is 1.70. The maximum Gasteiger partial charge on any atom is 0.261 e. The average molecular weight is 351 g/mol. The van der Waals surface area contributed by atoms with Gasteiger partial charge in [0.05, 0.1) is 16.2 Å². The third kappa shape index (κ3) is 2.93. The largest absolute Gasteiger partial charge is 0.325 e. The highest BCUT2D eigenvalue weighted by Gasteiger charge is 2.26. The maximum atomic E-state index is 12.6. The van der Waals surface area contributed by atoms with Gasteiger partial charge in [-0.2, -0.15) is 0 Å². The van der Waals surface area contributed by atoms with Crippen molar-refractivity contribution in [2.24, 2.45) is 7.05 Å². The molecule has 25 heavy (non-hydrogen) atoms. The van der Waals surface area contributed by atoms with Crippen molar-refractivity contribution >= 4 is 34.3 Å². The second-order valence-corrected chi connectivity index (χ2v) is 7.24. The summed E-state index contributed by atoms with van der Waals surface area (Å²) in [4.78, 5) is 29.7. The number of aryl methyl sites for hydroxylation is 1. The third-order valence-corrected chi connectivity index (χ3v) is 5.74. The highest BCUT2D eigenvalue weighted by atomic mass is 32.2. The summed E-state index contributed by atoms with van der Waals surface area (Å²) >= 11 is 1.35. The number of nitrogens with zero attached hydrogens (tertiary/aromatic N) is 2. The zero-order valence-electron chi connectivity index (χ0n) is 13.7. The van der Waals surface area contributed by atoms with Crippen molar-refractivity contribution in [3.05, 3.63) is 64.4 Å². The first-order valence-corrected chi connectivity index (χ1v) is 9.02. The molecule has 0 saturated heterocycles. The lowest BCUT2D eigenvalue weighted by atomic mass is 10.1. The van der Waals surface area contributed by atoms with E-state index in [0.717, 1.165) is 17.7 Å². The van der Waals surface area contributed by atoms with Crippen molar-refractivity contribution in [3.63, 3.8) is 0 Å². The van der Waals surface area contributed by atoms with Crippen molar-refractivity contribution in [2.45, 2.75) is 23.2 Å². The molecule has 1 aliphatic rings.